The molecule has 8 heteroatoms. The van der Waals surface area contributed by atoms with Gasteiger partial charge in [0.25, 0.3) is 5.91 Å². The van der Waals surface area contributed by atoms with Crippen molar-refractivity contribution in [3.63, 3.8) is 0 Å². The number of nitrogens with zero attached hydrogens (tertiary/aromatic N) is 6. The van der Waals surface area contributed by atoms with E-state index in [2.05, 4.69) is 68.8 Å². The molecule has 5 rings (SSSR count). The Kier molecular flexibility index (Phi) is 5.97. The molecule has 2 aliphatic rings. The maximum Gasteiger partial charge on any atom is 0.264 e. The summed E-state index contributed by atoms with van der Waals surface area (Å²) in [6.45, 7) is 12.5. The fourth-order valence-corrected chi connectivity index (χ4v) is 5.83. The largest absolute Gasteiger partial charge is 0.368 e. The predicted octanol–water partition coefficient (Wildman–Crippen LogP) is 3.10. The van der Waals surface area contributed by atoms with Gasteiger partial charge in [-0.05, 0) is 31.2 Å². The highest BCUT2D eigenvalue weighted by Gasteiger charge is 2.28. The summed E-state index contributed by atoms with van der Waals surface area (Å²) in [6, 6.07) is 10.6. The fourth-order valence-electron chi connectivity index (χ4n) is 4.72. The summed E-state index contributed by atoms with van der Waals surface area (Å²) >= 11 is 1.51. The van der Waals surface area contributed by atoms with Crippen LogP contribution in [-0.2, 0) is 0 Å². The molecule has 0 saturated carbocycles. The molecule has 168 valence electrons. The van der Waals surface area contributed by atoms with Gasteiger partial charge in [0.05, 0.1) is 10.3 Å². The third-order valence-electron chi connectivity index (χ3n) is 6.71. The van der Waals surface area contributed by atoms with Gasteiger partial charge in [-0.1, -0.05) is 25.1 Å². The van der Waals surface area contributed by atoms with Gasteiger partial charge >= 0.3 is 0 Å². The van der Waals surface area contributed by atoms with E-state index in [-0.39, 0.29) is 5.91 Å². The van der Waals surface area contributed by atoms with Crippen molar-refractivity contribution in [1.29, 1.82) is 0 Å². The average Bonchev–Trinajstić information content (AvgIpc) is 3.21. The number of aromatic nitrogens is 2. The molecule has 0 spiro atoms. The van der Waals surface area contributed by atoms with Gasteiger partial charge in [0.1, 0.15) is 17.0 Å². The lowest BCUT2D eigenvalue weighted by Crippen LogP contribution is -2.48. The molecule has 2 aromatic heterocycles. The van der Waals surface area contributed by atoms with Crippen LogP contribution >= 0.6 is 11.3 Å². The Labute approximate surface area is 193 Å². The number of thiophene rings is 1. The Morgan fingerprint density at radius 3 is 2.31 bits per heavy atom. The number of carbonyl (C=O) groups is 1. The monoisotopic (exact) mass is 450 g/mol. The number of amides is 1. The second-order valence-corrected chi connectivity index (χ2v) is 9.47. The van der Waals surface area contributed by atoms with Crippen molar-refractivity contribution in [2.24, 2.45) is 0 Å². The lowest BCUT2D eigenvalue weighted by Gasteiger charge is -2.37. The molecule has 0 bridgehead atoms. The molecule has 0 N–H and O–H groups in total. The van der Waals surface area contributed by atoms with E-state index in [4.69, 9.17) is 0 Å². The van der Waals surface area contributed by atoms with E-state index in [0.717, 1.165) is 85.4 Å². The lowest BCUT2D eigenvalue weighted by atomic mass is 10.1. The molecule has 2 fully saturated rings. The zero-order valence-electron chi connectivity index (χ0n) is 18.8. The molecule has 0 unspecified atom stereocenters. The molecule has 2 aliphatic heterocycles. The van der Waals surface area contributed by atoms with E-state index in [0.29, 0.717) is 0 Å². The molecule has 1 aromatic carbocycles. The molecule has 3 aromatic rings. The normalized spacial score (nSPS) is 17.9. The number of carbonyl (C=O) groups excluding carboxylic acids is 1. The quantitative estimate of drug-likeness (QED) is 0.609. The lowest BCUT2D eigenvalue weighted by molar-refractivity contribution is 0.0647. The molecule has 0 aliphatic carbocycles. The van der Waals surface area contributed by atoms with Crippen molar-refractivity contribution in [1.82, 2.24) is 19.8 Å². The third-order valence-corrected chi connectivity index (χ3v) is 7.90. The molecule has 32 heavy (non-hydrogen) atoms. The Hall–Kier alpha value is -2.71. The van der Waals surface area contributed by atoms with E-state index in [1.54, 1.807) is 6.33 Å². The predicted molar refractivity (Wildman–Crippen MR) is 131 cm³/mol. The average molecular weight is 451 g/mol. The maximum absolute atomic E-state index is 13.3. The molecule has 4 heterocycles. The van der Waals surface area contributed by atoms with Crippen LogP contribution in [0.4, 0.5) is 11.5 Å². The number of anilines is 2. The SMILES string of the molecule is CCN1CCN(C(=O)c2sc3ncnc(N4CCN(c5ccccc5)CC4)c3c2C)CC1. The maximum atomic E-state index is 13.3. The highest BCUT2D eigenvalue weighted by Crippen LogP contribution is 2.36. The summed E-state index contributed by atoms with van der Waals surface area (Å²) in [4.78, 5) is 33.4. The Bertz CT molecular complexity index is 1080. The van der Waals surface area contributed by atoms with Gasteiger partial charge in [-0.15, -0.1) is 11.3 Å². The van der Waals surface area contributed by atoms with Crippen molar-refractivity contribution in [2.75, 3.05) is 68.7 Å². The summed E-state index contributed by atoms with van der Waals surface area (Å²) in [5.74, 6) is 1.10. The molecular formula is C24H30N6OS. The van der Waals surface area contributed by atoms with Crippen LogP contribution in [0, 0.1) is 6.92 Å². The molecule has 0 atom stereocenters. The number of rotatable bonds is 4. The van der Waals surface area contributed by atoms with Gasteiger partial charge < -0.3 is 19.6 Å². The van der Waals surface area contributed by atoms with Crippen LogP contribution in [0.25, 0.3) is 10.2 Å². The number of hydrogen-bond donors (Lipinski definition) is 0. The van der Waals surface area contributed by atoms with E-state index in [1.165, 1.54) is 17.0 Å². The van der Waals surface area contributed by atoms with Crippen LogP contribution in [0.2, 0.25) is 0 Å². The van der Waals surface area contributed by atoms with E-state index >= 15 is 0 Å². The number of hydrogen-bond acceptors (Lipinski definition) is 7. The highest BCUT2D eigenvalue weighted by molar-refractivity contribution is 7.20. The van der Waals surface area contributed by atoms with Gasteiger partial charge in [0, 0.05) is 58.0 Å². The van der Waals surface area contributed by atoms with Crippen molar-refractivity contribution >= 4 is 39.0 Å². The van der Waals surface area contributed by atoms with Gasteiger partial charge in [-0.25, -0.2) is 9.97 Å². The first-order chi connectivity index (χ1) is 15.7. The fraction of sp³-hybridized carbons (Fsp3) is 0.458. The molecule has 7 nitrogen and oxygen atoms in total. The van der Waals surface area contributed by atoms with Crippen LogP contribution in [0.15, 0.2) is 36.7 Å². The second kappa shape index (κ2) is 9.03. The standard InChI is InChI=1S/C24H30N6OS/c1-3-27-9-11-30(12-10-27)24(31)21-18(2)20-22(25-17-26-23(20)32-21)29-15-13-28(14-16-29)19-7-5-4-6-8-19/h4-8,17H,3,9-16H2,1-2H3. The second-order valence-electron chi connectivity index (χ2n) is 8.47. The van der Waals surface area contributed by atoms with Crippen molar-refractivity contribution in [3.8, 4) is 0 Å². The van der Waals surface area contributed by atoms with Gasteiger partial charge in [-0.2, -0.15) is 0 Å². The molecule has 0 radical (unpaired) electrons. The Morgan fingerprint density at radius 2 is 1.62 bits per heavy atom. The number of para-hydroxylation sites is 1. The molecule has 2 saturated heterocycles. The minimum Gasteiger partial charge on any atom is -0.368 e. The Balaban J connectivity index is 1.36. The highest BCUT2D eigenvalue weighted by atomic mass is 32.1. The van der Waals surface area contributed by atoms with Crippen LogP contribution < -0.4 is 9.80 Å². The third kappa shape index (κ3) is 3.93. The minimum atomic E-state index is 0.140. The summed E-state index contributed by atoms with van der Waals surface area (Å²) in [5, 5.41) is 1.04. The van der Waals surface area contributed by atoms with Gasteiger partial charge in [0.15, 0.2) is 0 Å². The van der Waals surface area contributed by atoms with Crippen LogP contribution in [0.5, 0.6) is 0 Å². The molecule has 1 amide bonds. The molecular weight excluding hydrogens is 420 g/mol. The van der Waals surface area contributed by atoms with Crippen molar-refractivity contribution < 1.29 is 4.79 Å². The van der Waals surface area contributed by atoms with Crippen LogP contribution in [0.1, 0.15) is 22.2 Å². The minimum absolute atomic E-state index is 0.140. The van der Waals surface area contributed by atoms with Crippen molar-refractivity contribution in [2.45, 2.75) is 13.8 Å². The summed E-state index contributed by atoms with van der Waals surface area (Å²) in [5.41, 5.74) is 2.29. The number of benzene rings is 1. The van der Waals surface area contributed by atoms with Gasteiger partial charge in [0.2, 0.25) is 0 Å². The number of aryl methyl sites for hydroxylation is 1. The Morgan fingerprint density at radius 1 is 0.938 bits per heavy atom. The first-order valence-corrected chi connectivity index (χ1v) is 12.3. The zero-order valence-corrected chi connectivity index (χ0v) is 19.6. The van der Waals surface area contributed by atoms with Crippen LogP contribution in [-0.4, -0.2) is 84.6 Å². The number of fused-ring (bicyclic) bond motifs is 1. The summed E-state index contributed by atoms with van der Waals surface area (Å²) in [7, 11) is 0. The first-order valence-electron chi connectivity index (χ1n) is 11.5. The van der Waals surface area contributed by atoms with Gasteiger partial charge in [-0.3, -0.25) is 4.79 Å². The van der Waals surface area contributed by atoms with E-state index in [1.807, 2.05) is 4.90 Å². The van der Waals surface area contributed by atoms with Crippen LogP contribution in [0.3, 0.4) is 0 Å². The smallest absolute Gasteiger partial charge is 0.264 e. The van der Waals surface area contributed by atoms with Crippen molar-refractivity contribution in [3.05, 3.63) is 47.1 Å². The number of likely N-dealkylation sites (N-methyl/N-ethyl adjacent to an activating group) is 1. The summed E-state index contributed by atoms with van der Waals surface area (Å²) in [6.07, 6.45) is 1.64. The van der Waals surface area contributed by atoms with E-state index < -0.39 is 0 Å². The first kappa shape index (κ1) is 21.2. The summed E-state index contributed by atoms with van der Waals surface area (Å²) < 4.78 is 0. The topological polar surface area (TPSA) is 55.8 Å². The van der Waals surface area contributed by atoms with E-state index in [9.17, 15) is 4.79 Å². The number of piperazine rings is 2. The zero-order chi connectivity index (χ0) is 22.1.